The second-order valence-electron chi connectivity index (χ2n) is 6.42. The minimum absolute atomic E-state index is 0.229. The SMILES string of the molecule is Cc1cnn([C@@H](C)C2CC2)c1NC(=O)c1cc(C(C)C)no1. The lowest BCUT2D eigenvalue weighted by Gasteiger charge is -2.15. The Morgan fingerprint density at radius 1 is 1.41 bits per heavy atom. The fourth-order valence-corrected chi connectivity index (χ4v) is 2.53. The van der Waals surface area contributed by atoms with Crippen molar-refractivity contribution in [3.05, 3.63) is 29.3 Å². The van der Waals surface area contributed by atoms with Crippen LogP contribution in [0.1, 0.15) is 67.4 Å². The lowest BCUT2D eigenvalue weighted by atomic mass is 10.1. The normalized spacial score (nSPS) is 16.0. The third-order valence-corrected chi connectivity index (χ3v) is 4.24. The van der Waals surface area contributed by atoms with E-state index in [1.165, 1.54) is 12.8 Å². The second kappa shape index (κ2) is 5.59. The van der Waals surface area contributed by atoms with Crippen molar-refractivity contribution in [2.24, 2.45) is 5.92 Å². The number of nitrogens with zero attached hydrogens (tertiary/aromatic N) is 3. The van der Waals surface area contributed by atoms with Crippen LogP contribution in [0.15, 0.2) is 16.8 Å². The summed E-state index contributed by atoms with van der Waals surface area (Å²) in [6.45, 7) is 8.11. The summed E-state index contributed by atoms with van der Waals surface area (Å²) in [5.41, 5.74) is 1.73. The van der Waals surface area contributed by atoms with Gasteiger partial charge >= 0.3 is 0 Å². The van der Waals surface area contributed by atoms with Crippen molar-refractivity contribution in [1.29, 1.82) is 0 Å². The Hall–Kier alpha value is -2.11. The average molecular weight is 302 g/mol. The van der Waals surface area contributed by atoms with Gasteiger partial charge in [0.2, 0.25) is 5.76 Å². The summed E-state index contributed by atoms with van der Waals surface area (Å²) in [5, 5.41) is 11.3. The van der Waals surface area contributed by atoms with E-state index in [-0.39, 0.29) is 17.6 Å². The Labute approximate surface area is 129 Å². The van der Waals surface area contributed by atoms with Gasteiger partial charge in [-0.1, -0.05) is 19.0 Å². The number of hydrogen-bond acceptors (Lipinski definition) is 4. The molecule has 1 saturated carbocycles. The fourth-order valence-electron chi connectivity index (χ4n) is 2.53. The molecule has 22 heavy (non-hydrogen) atoms. The van der Waals surface area contributed by atoms with E-state index in [9.17, 15) is 4.79 Å². The van der Waals surface area contributed by atoms with Crippen molar-refractivity contribution >= 4 is 11.7 Å². The molecule has 0 radical (unpaired) electrons. The minimum atomic E-state index is -0.285. The van der Waals surface area contributed by atoms with Crippen LogP contribution in [-0.4, -0.2) is 20.8 Å². The van der Waals surface area contributed by atoms with E-state index in [4.69, 9.17) is 4.52 Å². The van der Waals surface area contributed by atoms with Crippen LogP contribution < -0.4 is 5.32 Å². The van der Waals surface area contributed by atoms with E-state index in [1.807, 2.05) is 25.5 Å². The molecule has 0 unspecified atom stereocenters. The van der Waals surface area contributed by atoms with E-state index in [2.05, 4.69) is 22.5 Å². The topological polar surface area (TPSA) is 73.0 Å². The van der Waals surface area contributed by atoms with Crippen molar-refractivity contribution < 1.29 is 9.32 Å². The second-order valence-corrected chi connectivity index (χ2v) is 6.42. The van der Waals surface area contributed by atoms with Gasteiger partial charge in [0.25, 0.3) is 5.91 Å². The van der Waals surface area contributed by atoms with Crippen LogP contribution in [0.2, 0.25) is 0 Å². The number of hydrogen-bond donors (Lipinski definition) is 1. The van der Waals surface area contributed by atoms with Crippen molar-refractivity contribution in [2.75, 3.05) is 5.32 Å². The molecule has 0 aromatic carbocycles. The zero-order chi connectivity index (χ0) is 15.9. The quantitative estimate of drug-likeness (QED) is 0.917. The molecular weight excluding hydrogens is 280 g/mol. The summed E-state index contributed by atoms with van der Waals surface area (Å²) < 4.78 is 7.05. The fraction of sp³-hybridized carbons (Fsp3) is 0.562. The number of aromatic nitrogens is 3. The molecule has 3 rings (SSSR count). The van der Waals surface area contributed by atoms with Gasteiger partial charge in [0.15, 0.2) is 0 Å². The van der Waals surface area contributed by atoms with E-state index < -0.39 is 0 Å². The summed E-state index contributed by atoms with van der Waals surface area (Å²) in [7, 11) is 0. The minimum Gasteiger partial charge on any atom is -0.351 e. The Bertz CT molecular complexity index is 682. The van der Waals surface area contributed by atoms with Gasteiger partial charge in [-0.3, -0.25) is 4.79 Å². The number of rotatable bonds is 5. The Balaban J connectivity index is 1.79. The highest BCUT2D eigenvalue weighted by Gasteiger charge is 2.31. The molecule has 1 aliphatic rings. The van der Waals surface area contributed by atoms with Gasteiger partial charge in [0, 0.05) is 11.6 Å². The molecule has 0 saturated heterocycles. The van der Waals surface area contributed by atoms with Gasteiger partial charge in [-0.15, -0.1) is 0 Å². The van der Waals surface area contributed by atoms with Crippen LogP contribution in [0.25, 0.3) is 0 Å². The van der Waals surface area contributed by atoms with Crippen molar-refractivity contribution in [1.82, 2.24) is 14.9 Å². The highest BCUT2D eigenvalue weighted by atomic mass is 16.5. The maximum Gasteiger partial charge on any atom is 0.295 e. The lowest BCUT2D eigenvalue weighted by Crippen LogP contribution is -2.18. The van der Waals surface area contributed by atoms with Crippen LogP contribution in [0.5, 0.6) is 0 Å². The summed E-state index contributed by atoms with van der Waals surface area (Å²) >= 11 is 0. The monoisotopic (exact) mass is 302 g/mol. The zero-order valence-corrected chi connectivity index (χ0v) is 13.5. The lowest BCUT2D eigenvalue weighted by molar-refractivity contribution is 0.0986. The van der Waals surface area contributed by atoms with E-state index in [0.717, 1.165) is 17.1 Å². The molecule has 0 bridgehead atoms. The molecular formula is C16H22N4O2. The first kappa shape index (κ1) is 14.8. The van der Waals surface area contributed by atoms with Gasteiger partial charge in [-0.25, -0.2) is 4.68 Å². The molecule has 6 heteroatoms. The number of carbonyl (C=O) groups is 1. The maximum absolute atomic E-state index is 12.4. The van der Waals surface area contributed by atoms with Crippen LogP contribution in [0.3, 0.4) is 0 Å². The molecule has 2 heterocycles. The van der Waals surface area contributed by atoms with Gasteiger partial charge in [-0.2, -0.15) is 5.10 Å². The van der Waals surface area contributed by atoms with Gasteiger partial charge in [0.1, 0.15) is 5.82 Å². The molecule has 1 atom stereocenters. The summed E-state index contributed by atoms with van der Waals surface area (Å²) in [5.74, 6) is 1.58. The predicted octanol–water partition coefficient (Wildman–Crippen LogP) is 3.53. The third kappa shape index (κ3) is 2.77. The summed E-state index contributed by atoms with van der Waals surface area (Å²) in [4.78, 5) is 12.4. The predicted molar refractivity (Wildman–Crippen MR) is 82.9 cm³/mol. The van der Waals surface area contributed by atoms with Crippen molar-refractivity contribution in [2.45, 2.75) is 52.5 Å². The number of anilines is 1. The Morgan fingerprint density at radius 3 is 2.73 bits per heavy atom. The van der Waals surface area contributed by atoms with Crippen LogP contribution in [0.4, 0.5) is 5.82 Å². The third-order valence-electron chi connectivity index (χ3n) is 4.24. The standard InChI is InChI=1S/C16H22N4O2/c1-9(2)13-7-14(22-19-13)16(21)18-15-10(3)8-17-20(15)11(4)12-5-6-12/h7-9,11-12H,5-6H2,1-4H3,(H,18,21)/t11-/m0/s1. The first-order valence-corrected chi connectivity index (χ1v) is 7.79. The molecule has 0 spiro atoms. The van der Waals surface area contributed by atoms with E-state index in [1.54, 1.807) is 12.3 Å². The molecule has 118 valence electrons. The zero-order valence-electron chi connectivity index (χ0n) is 13.5. The number of amides is 1. The van der Waals surface area contributed by atoms with E-state index in [0.29, 0.717) is 12.0 Å². The molecule has 1 N–H and O–H groups in total. The van der Waals surface area contributed by atoms with Crippen LogP contribution in [-0.2, 0) is 0 Å². The Kier molecular flexibility index (Phi) is 3.76. The smallest absolute Gasteiger partial charge is 0.295 e. The van der Waals surface area contributed by atoms with Crippen LogP contribution >= 0.6 is 0 Å². The maximum atomic E-state index is 12.4. The van der Waals surface area contributed by atoms with E-state index >= 15 is 0 Å². The summed E-state index contributed by atoms with van der Waals surface area (Å²) in [6, 6.07) is 1.99. The molecule has 1 amide bonds. The number of aryl methyl sites for hydroxylation is 1. The van der Waals surface area contributed by atoms with Gasteiger partial charge in [-0.05, 0) is 38.5 Å². The molecule has 6 nitrogen and oxygen atoms in total. The van der Waals surface area contributed by atoms with Gasteiger partial charge in [0.05, 0.1) is 17.9 Å². The highest BCUT2D eigenvalue weighted by molar-refractivity contribution is 6.02. The molecule has 2 aromatic heterocycles. The van der Waals surface area contributed by atoms with Crippen LogP contribution in [0, 0.1) is 12.8 Å². The molecule has 1 fully saturated rings. The highest BCUT2D eigenvalue weighted by Crippen LogP contribution is 2.40. The number of nitrogens with one attached hydrogen (secondary N) is 1. The average Bonchev–Trinajstić information content (AvgIpc) is 3.09. The molecule has 2 aromatic rings. The van der Waals surface area contributed by atoms with Gasteiger partial charge < -0.3 is 9.84 Å². The molecule has 0 aliphatic heterocycles. The van der Waals surface area contributed by atoms with Crippen molar-refractivity contribution in [3.63, 3.8) is 0 Å². The molecule has 1 aliphatic carbocycles. The number of carbonyl (C=O) groups excluding carboxylic acids is 1. The Morgan fingerprint density at radius 2 is 2.14 bits per heavy atom. The largest absolute Gasteiger partial charge is 0.351 e. The first-order chi connectivity index (χ1) is 10.5. The first-order valence-electron chi connectivity index (χ1n) is 7.79. The van der Waals surface area contributed by atoms with Crippen molar-refractivity contribution in [3.8, 4) is 0 Å². The summed E-state index contributed by atoms with van der Waals surface area (Å²) in [6.07, 6.45) is 4.25.